The fourth-order valence-corrected chi connectivity index (χ4v) is 4.62. The molecule has 3 rings (SSSR count). The van der Waals surface area contributed by atoms with E-state index in [0.717, 1.165) is 18.2 Å². The molecule has 3 aromatic rings. The van der Waals surface area contributed by atoms with Gasteiger partial charge in [-0.3, -0.25) is 0 Å². The molecule has 0 radical (unpaired) electrons. The normalized spacial score (nSPS) is 11.6. The molecule has 0 heterocycles. The number of methoxy groups -OCH3 is 3. The molecule has 2 amide bonds. The summed E-state index contributed by atoms with van der Waals surface area (Å²) in [5.41, 5.74) is -0.231. The van der Waals surface area contributed by atoms with Crippen LogP contribution in [-0.4, -0.2) is 46.7 Å². The number of carbonyl (C=O) groups is 1. The van der Waals surface area contributed by atoms with Crippen LogP contribution in [0.1, 0.15) is 25.0 Å². The predicted octanol–water partition coefficient (Wildman–Crippen LogP) is 5.94. The Kier molecular flexibility index (Phi) is 9.40. The zero-order chi connectivity index (χ0) is 29.7. The molecule has 0 aliphatic carbocycles. The van der Waals surface area contributed by atoms with Crippen molar-refractivity contribution in [2.45, 2.75) is 37.5 Å². The van der Waals surface area contributed by atoms with Crippen molar-refractivity contribution in [2.75, 3.05) is 26.6 Å². The van der Waals surface area contributed by atoms with Crippen LogP contribution in [0.2, 0.25) is 0 Å². The molecule has 9 nitrogen and oxygen atoms in total. The standard InChI is InChI=1S/C27H29F3N2O7S/c1-17(2)32(26(33)31-20-13-21(36-3)15-22(14-20)37-4)16-18-9-10-24(38-5)25(11-18)39-40(34,35)23-8-6-7-19(12-23)27(28,29)30/h6-15,17H,16H2,1-5H3,(H,31,33). The molecule has 0 aliphatic rings. The van der Waals surface area contributed by atoms with Crippen molar-refractivity contribution in [3.05, 3.63) is 71.8 Å². The van der Waals surface area contributed by atoms with Crippen LogP contribution in [0.3, 0.4) is 0 Å². The lowest BCUT2D eigenvalue weighted by molar-refractivity contribution is -0.137. The largest absolute Gasteiger partial charge is 0.497 e. The van der Waals surface area contributed by atoms with Crippen LogP contribution in [0.25, 0.3) is 0 Å². The van der Waals surface area contributed by atoms with Crippen molar-refractivity contribution in [2.24, 2.45) is 0 Å². The number of rotatable bonds is 10. The lowest BCUT2D eigenvalue weighted by Gasteiger charge is -2.27. The lowest BCUT2D eigenvalue weighted by atomic mass is 10.1. The van der Waals surface area contributed by atoms with Crippen LogP contribution in [0.5, 0.6) is 23.0 Å². The van der Waals surface area contributed by atoms with Gasteiger partial charge in [0.15, 0.2) is 11.5 Å². The number of urea groups is 1. The topological polar surface area (TPSA) is 103 Å². The Labute approximate surface area is 230 Å². The fraction of sp³-hybridized carbons (Fsp3) is 0.296. The lowest BCUT2D eigenvalue weighted by Crippen LogP contribution is -2.39. The number of nitrogens with one attached hydrogen (secondary N) is 1. The Hall–Kier alpha value is -4.13. The molecule has 0 atom stereocenters. The van der Waals surface area contributed by atoms with Crippen molar-refractivity contribution in [1.29, 1.82) is 0 Å². The third-order valence-corrected chi connectivity index (χ3v) is 6.95. The molecule has 3 aromatic carbocycles. The first-order chi connectivity index (χ1) is 18.8. The van der Waals surface area contributed by atoms with Crippen molar-refractivity contribution in [1.82, 2.24) is 4.90 Å². The summed E-state index contributed by atoms with van der Waals surface area (Å²) < 4.78 is 85.9. The van der Waals surface area contributed by atoms with E-state index in [9.17, 15) is 26.4 Å². The first-order valence-electron chi connectivity index (χ1n) is 11.9. The molecule has 0 saturated carbocycles. The Morgan fingerprint density at radius 3 is 2.10 bits per heavy atom. The Bertz CT molecular complexity index is 1440. The van der Waals surface area contributed by atoms with Gasteiger partial charge < -0.3 is 28.6 Å². The van der Waals surface area contributed by atoms with Gasteiger partial charge in [0.25, 0.3) is 0 Å². The van der Waals surface area contributed by atoms with Gasteiger partial charge in [0.05, 0.1) is 26.9 Å². The van der Waals surface area contributed by atoms with Crippen LogP contribution in [0.15, 0.2) is 65.6 Å². The molecule has 13 heteroatoms. The van der Waals surface area contributed by atoms with Crippen LogP contribution < -0.4 is 23.7 Å². The van der Waals surface area contributed by atoms with Gasteiger partial charge in [0, 0.05) is 36.5 Å². The van der Waals surface area contributed by atoms with E-state index in [2.05, 4.69) is 5.32 Å². The highest BCUT2D eigenvalue weighted by Crippen LogP contribution is 2.34. The highest BCUT2D eigenvalue weighted by Gasteiger charge is 2.32. The minimum Gasteiger partial charge on any atom is -0.497 e. The molecule has 0 saturated heterocycles. The maximum absolute atomic E-state index is 13.2. The van der Waals surface area contributed by atoms with Crippen molar-refractivity contribution < 1.29 is 44.8 Å². The van der Waals surface area contributed by atoms with E-state index in [1.54, 1.807) is 38.1 Å². The molecule has 0 fully saturated rings. The number of hydrogen-bond donors (Lipinski definition) is 1. The second-order valence-corrected chi connectivity index (χ2v) is 10.3. The third kappa shape index (κ3) is 7.50. The van der Waals surface area contributed by atoms with Gasteiger partial charge in [-0.1, -0.05) is 12.1 Å². The first kappa shape index (κ1) is 30.4. The summed E-state index contributed by atoms with van der Waals surface area (Å²) in [6.07, 6.45) is -4.74. The average Bonchev–Trinajstić information content (AvgIpc) is 2.90. The van der Waals surface area contributed by atoms with E-state index >= 15 is 0 Å². The van der Waals surface area contributed by atoms with E-state index in [1.807, 2.05) is 0 Å². The predicted molar refractivity (Wildman–Crippen MR) is 141 cm³/mol. The van der Waals surface area contributed by atoms with Gasteiger partial charge in [-0.25, -0.2) is 4.79 Å². The number of alkyl halides is 3. The first-order valence-corrected chi connectivity index (χ1v) is 13.3. The molecular weight excluding hydrogens is 553 g/mol. The zero-order valence-electron chi connectivity index (χ0n) is 22.4. The number of nitrogens with zero attached hydrogens (tertiary/aromatic N) is 1. The number of halogens is 3. The second-order valence-electron chi connectivity index (χ2n) is 8.80. The minimum atomic E-state index is -4.74. The molecule has 40 heavy (non-hydrogen) atoms. The smallest absolute Gasteiger partial charge is 0.416 e. The zero-order valence-corrected chi connectivity index (χ0v) is 23.2. The number of benzene rings is 3. The summed E-state index contributed by atoms with van der Waals surface area (Å²) in [6, 6.07) is 11.8. The highest BCUT2D eigenvalue weighted by molar-refractivity contribution is 7.87. The van der Waals surface area contributed by atoms with E-state index in [-0.39, 0.29) is 24.1 Å². The maximum atomic E-state index is 13.2. The van der Waals surface area contributed by atoms with E-state index in [1.165, 1.54) is 38.4 Å². The van der Waals surface area contributed by atoms with Gasteiger partial charge in [-0.2, -0.15) is 21.6 Å². The minimum absolute atomic E-state index is 0.0309. The molecule has 0 unspecified atom stereocenters. The second kappa shape index (κ2) is 12.4. The quantitative estimate of drug-likeness (QED) is 0.295. The summed E-state index contributed by atoms with van der Waals surface area (Å²) in [6.45, 7) is 3.63. The average molecular weight is 583 g/mol. The van der Waals surface area contributed by atoms with Crippen molar-refractivity contribution in [3.63, 3.8) is 0 Å². The molecular formula is C27H29F3N2O7S. The van der Waals surface area contributed by atoms with Crippen molar-refractivity contribution >= 4 is 21.8 Å². The van der Waals surface area contributed by atoms with Crippen LogP contribution in [0, 0.1) is 0 Å². The van der Waals surface area contributed by atoms with Gasteiger partial charge in [-0.15, -0.1) is 0 Å². The molecule has 0 aliphatic heterocycles. The molecule has 1 N–H and O–H groups in total. The third-order valence-electron chi connectivity index (χ3n) is 5.72. The summed E-state index contributed by atoms with van der Waals surface area (Å²) in [4.78, 5) is 14.0. The van der Waals surface area contributed by atoms with E-state index in [0.29, 0.717) is 28.8 Å². The van der Waals surface area contributed by atoms with Crippen LogP contribution >= 0.6 is 0 Å². The number of carbonyl (C=O) groups excluding carboxylic acids is 1. The van der Waals surface area contributed by atoms with Crippen LogP contribution in [-0.2, 0) is 22.8 Å². The molecule has 0 bridgehead atoms. The fourth-order valence-electron chi connectivity index (χ4n) is 3.64. The Balaban J connectivity index is 1.87. The maximum Gasteiger partial charge on any atom is 0.416 e. The van der Waals surface area contributed by atoms with E-state index < -0.39 is 32.8 Å². The van der Waals surface area contributed by atoms with Gasteiger partial charge in [-0.05, 0) is 49.7 Å². The number of hydrogen-bond acceptors (Lipinski definition) is 7. The van der Waals surface area contributed by atoms with E-state index in [4.69, 9.17) is 18.4 Å². The highest BCUT2D eigenvalue weighted by atomic mass is 32.2. The monoisotopic (exact) mass is 582 g/mol. The van der Waals surface area contributed by atoms with Gasteiger partial charge in [0.2, 0.25) is 0 Å². The molecule has 0 spiro atoms. The van der Waals surface area contributed by atoms with Crippen LogP contribution in [0.4, 0.5) is 23.7 Å². The molecule has 216 valence electrons. The summed E-state index contributed by atoms with van der Waals surface area (Å²) in [5.74, 6) is 0.733. The Morgan fingerprint density at radius 1 is 0.900 bits per heavy atom. The van der Waals surface area contributed by atoms with Crippen molar-refractivity contribution in [3.8, 4) is 23.0 Å². The summed E-state index contributed by atoms with van der Waals surface area (Å²) in [5, 5.41) is 2.79. The summed E-state index contributed by atoms with van der Waals surface area (Å²) in [7, 11) is -0.403. The number of ether oxygens (including phenoxy) is 3. The molecule has 0 aromatic heterocycles. The Morgan fingerprint density at radius 2 is 1.55 bits per heavy atom. The van der Waals surface area contributed by atoms with Gasteiger partial charge in [0.1, 0.15) is 16.4 Å². The van der Waals surface area contributed by atoms with Gasteiger partial charge >= 0.3 is 22.3 Å². The summed E-state index contributed by atoms with van der Waals surface area (Å²) >= 11 is 0. The SMILES string of the molecule is COc1cc(NC(=O)N(Cc2ccc(OC)c(OS(=O)(=O)c3cccc(C(F)(F)F)c3)c2)C(C)C)cc(OC)c1. The number of anilines is 1. The number of amides is 2.